The van der Waals surface area contributed by atoms with Gasteiger partial charge < -0.3 is 24.2 Å². The van der Waals surface area contributed by atoms with Crippen LogP contribution in [0.4, 0.5) is 0 Å². The van der Waals surface area contributed by atoms with Gasteiger partial charge >= 0.3 is 0 Å². The Balaban J connectivity index is 1.87. The standard InChI is InChI=1S/C18H20N2O4/c1-10-5-6-15(24-10)11(2)19-18(21)14-8-12-7-13(22-3)9-16(23-4)17(12)20-14/h5-9,11,20H,1-4H3,(H,19,21)/t11-/m0/s1. The fourth-order valence-corrected chi connectivity index (χ4v) is 2.62. The molecule has 0 saturated carbocycles. The number of ether oxygens (including phenoxy) is 2. The number of benzene rings is 1. The Morgan fingerprint density at radius 3 is 2.62 bits per heavy atom. The number of amides is 1. The van der Waals surface area contributed by atoms with Crippen LogP contribution in [0.5, 0.6) is 11.5 Å². The van der Waals surface area contributed by atoms with E-state index in [1.807, 2.05) is 32.0 Å². The third-order valence-electron chi connectivity index (χ3n) is 3.90. The Bertz CT molecular complexity index is 878. The van der Waals surface area contributed by atoms with Crippen molar-refractivity contribution in [3.63, 3.8) is 0 Å². The topological polar surface area (TPSA) is 76.5 Å². The second-order valence-electron chi connectivity index (χ2n) is 5.62. The SMILES string of the molecule is COc1cc(OC)c2[nH]c(C(=O)N[C@@H](C)c3ccc(C)o3)cc2c1. The van der Waals surface area contributed by atoms with E-state index in [2.05, 4.69) is 10.3 Å². The predicted octanol–water partition coefficient (Wildman–Crippen LogP) is 3.58. The Hall–Kier alpha value is -2.89. The number of carbonyl (C=O) groups is 1. The van der Waals surface area contributed by atoms with Gasteiger partial charge in [0, 0.05) is 11.5 Å². The lowest BCUT2D eigenvalue weighted by Gasteiger charge is -2.10. The smallest absolute Gasteiger partial charge is 0.268 e. The number of H-pyrrole nitrogens is 1. The molecule has 0 radical (unpaired) electrons. The van der Waals surface area contributed by atoms with Gasteiger partial charge in [-0.15, -0.1) is 0 Å². The zero-order valence-corrected chi connectivity index (χ0v) is 14.1. The molecule has 126 valence electrons. The summed E-state index contributed by atoms with van der Waals surface area (Å²) in [7, 11) is 3.17. The normalized spacial score (nSPS) is 12.2. The van der Waals surface area contributed by atoms with Crippen molar-refractivity contribution in [2.24, 2.45) is 0 Å². The molecule has 2 N–H and O–H groups in total. The Morgan fingerprint density at radius 1 is 1.21 bits per heavy atom. The maximum Gasteiger partial charge on any atom is 0.268 e. The summed E-state index contributed by atoms with van der Waals surface area (Å²) in [5, 5.41) is 3.76. The van der Waals surface area contributed by atoms with E-state index in [1.54, 1.807) is 26.4 Å². The molecule has 0 unspecified atom stereocenters. The third kappa shape index (κ3) is 2.95. The number of rotatable bonds is 5. The number of methoxy groups -OCH3 is 2. The molecular weight excluding hydrogens is 308 g/mol. The zero-order chi connectivity index (χ0) is 17.3. The number of fused-ring (bicyclic) bond motifs is 1. The van der Waals surface area contributed by atoms with Crippen LogP contribution in [-0.2, 0) is 0 Å². The molecule has 6 nitrogen and oxygen atoms in total. The molecule has 0 fully saturated rings. The van der Waals surface area contributed by atoms with Gasteiger partial charge in [-0.1, -0.05) is 0 Å². The molecule has 3 aromatic rings. The van der Waals surface area contributed by atoms with Gasteiger partial charge in [-0.05, 0) is 38.1 Å². The van der Waals surface area contributed by atoms with Crippen LogP contribution in [-0.4, -0.2) is 25.1 Å². The van der Waals surface area contributed by atoms with E-state index in [4.69, 9.17) is 13.9 Å². The highest BCUT2D eigenvalue weighted by Gasteiger charge is 2.17. The van der Waals surface area contributed by atoms with E-state index in [9.17, 15) is 4.79 Å². The third-order valence-corrected chi connectivity index (χ3v) is 3.90. The van der Waals surface area contributed by atoms with Gasteiger partial charge in [0.25, 0.3) is 5.91 Å². The highest BCUT2D eigenvalue weighted by Crippen LogP contribution is 2.31. The number of hydrogen-bond donors (Lipinski definition) is 2. The van der Waals surface area contributed by atoms with E-state index >= 15 is 0 Å². The maximum absolute atomic E-state index is 12.5. The molecule has 3 rings (SSSR count). The molecule has 0 spiro atoms. The van der Waals surface area contributed by atoms with Crippen molar-refractivity contribution in [1.29, 1.82) is 0 Å². The molecule has 0 aliphatic carbocycles. The molecule has 0 saturated heterocycles. The first-order valence-electron chi connectivity index (χ1n) is 7.63. The number of aryl methyl sites for hydroxylation is 1. The van der Waals surface area contributed by atoms with Gasteiger partial charge in [0.05, 0.1) is 25.8 Å². The van der Waals surface area contributed by atoms with Crippen LogP contribution < -0.4 is 14.8 Å². The van der Waals surface area contributed by atoms with E-state index in [0.29, 0.717) is 17.2 Å². The summed E-state index contributed by atoms with van der Waals surface area (Å²) in [6, 6.07) is 8.90. The van der Waals surface area contributed by atoms with Crippen LogP contribution in [0.3, 0.4) is 0 Å². The van der Waals surface area contributed by atoms with E-state index in [-0.39, 0.29) is 11.9 Å². The summed E-state index contributed by atoms with van der Waals surface area (Å²) in [6.07, 6.45) is 0. The van der Waals surface area contributed by atoms with Gasteiger partial charge in [0.1, 0.15) is 28.7 Å². The average molecular weight is 328 g/mol. The monoisotopic (exact) mass is 328 g/mol. The van der Waals surface area contributed by atoms with Crippen molar-refractivity contribution in [3.05, 3.63) is 47.5 Å². The summed E-state index contributed by atoms with van der Waals surface area (Å²) in [5.41, 5.74) is 1.21. The number of carbonyl (C=O) groups excluding carboxylic acids is 1. The van der Waals surface area contributed by atoms with Crippen molar-refractivity contribution in [1.82, 2.24) is 10.3 Å². The highest BCUT2D eigenvalue weighted by molar-refractivity contribution is 6.00. The van der Waals surface area contributed by atoms with Crippen LogP contribution in [0.1, 0.15) is 35.0 Å². The molecule has 2 heterocycles. The largest absolute Gasteiger partial charge is 0.497 e. The summed E-state index contributed by atoms with van der Waals surface area (Å²) in [4.78, 5) is 15.6. The summed E-state index contributed by atoms with van der Waals surface area (Å²) in [6.45, 7) is 3.75. The molecule has 1 atom stereocenters. The van der Waals surface area contributed by atoms with E-state index in [0.717, 1.165) is 22.4 Å². The quantitative estimate of drug-likeness (QED) is 0.750. The molecule has 24 heavy (non-hydrogen) atoms. The minimum Gasteiger partial charge on any atom is -0.497 e. The second kappa shape index (κ2) is 6.31. The maximum atomic E-state index is 12.5. The van der Waals surface area contributed by atoms with Crippen LogP contribution in [0.15, 0.2) is 34.7 Å². The molecule has 1 amide bonds. The van der Waals surface area contributed by atoms with Crippen molar-refractivity contribution in [2.45, 2.75) is 19.9 Å². The summed E-state index contributed by atoms with van der Waals surface area (Å²) >= 11 is 0. The fraction of sp³-hybridized carbons (Fsp3) is 0.278. The number of hydrogen-bond acceptors (Lipinski definition) is 4. The lowest BCUT2D eigenvalue weighted by atomic mass is 10.2. The first-order valence-corrected chi connectivity index (χ1v) is 7.63. The van der Waals surface area contributed by atoms with Crippen LogP contribution in [0.25, 0.3) is 10.9 Å². The van der Waals surface area contributed by atoms with Crippen LogP contribution >= 0.6 is 0 Å². The van der Waals surface area contributed by atoms with Gasteiger partial charge in [-0.25, -0.2) is 0 Å². The molecule has 0 bridgehead atoms. The van der Waals surface area contributed by atoms with E-state index < -0.39 is 0 Å². The van der Waals surface area contributed by atoms with Gasteiger partial charge in [-0.2, -0.15) is 0 Å². The molecule has 0 aliphatic rings. The molecular formula is C18H20N2O4. The van der Waals surface area contributed by atoms with Gasteiger partial charge in [-0.3, -0.25) is 4.79 Å². The average Bonchev–Trinajstić information content (AvgIpc) is 3.19. The minimum absolute atomic E-state index is 0.214. The lowest BCUT2D eigenvalue weighted by molar-refractivity contribution is 0.0931. The number of furan rings is 1. The van der Waals surface area contributed by atoms with Crippen molar-refractivity contribution in [2.75, 3.05) is 14.2 Å². The summed E-state index contributed by atoms with van der Waals surface area (Å²) in [5.74, 6) is 2.61. The number of aromatic amines is 1. The van der Waals surface area contributed by atoms with Gasteiger partial charge in [0.15, 0.2) is 0 Å². The molecule has 2 aromatic heterocycles. The molecule has 1 aromatic carbocycles. The zero-order valence-electron chi connectivity index (χ0n) is 14.1. The Kier molecular flexibility index (Phi) is 4.20. The Labute approximate surface area is 139 Å². The molecule has 0 aliphatic heterocycles. The van der Waals surface area contributed by atoms with Crippen molar-refractivity contribution >= 4 is 16.8 Å². The summed E-state index contributed by atoms with van der Waals surface area (Å²) < 4.78 is 16.2. The first kappa shape index (κ1) is 16.0. The van der Waals surface area contributed by atoms with Crippen molar-refractivity contribution in [3.8, 4) is 11.5 Å². The highest BCUT2D eigenvalue weighted by atomic mass is 16.5. The van der Waals surface area contributed by atoms with Crippen molar-refractivity contribution < 1.29 is 18.7 Å². The first-order chi connectivity index (χ1) is 11.5. The minimum atomic E-state index is -0.228. The molecule has 6 heteroatoms. The predicted molar refractivity (Wildman–Crippen MR) is 90.7 cm³/mol. The van der Waals surface area contributed by atoms with Gasteiger partial charge in [0.2, 0.25) is 0 Å². The number of nitrogens with one attached hydrogen (secondary N) is 2. The lowest BCUT2D eigenvalue weighted by Crippen LogP contribution is -2.26. The Morgan fingerprint density at radius 2 is 2.00 bits per heavy atom. The number of aromatic nitrogens is 1. The van der Waals surface area contributed by atoms with Crippen LogP contribution in [0, 0.1) is 6.92 Å². The van der Waals surface area contributed by atoms with E-state index in [1.165, 1.54) is 0 Å². The second-order valence-corrected chi connectivity index (χ2v) is 5.62. The fourth-order valence-electron chi connectivity index (χ4n) is 2.62. The van der Waals surface area contributed by atoms with Crippen LogP contribution in [0.2, 0.25) is 0 Å².